The maximum absolute atomic E-state index is 12.1. The molecule has 18 heavy (non-hydrogen) atoms. The molecular weight excluding hydrogens is 272 g/mol. The van der Waals surface area contributed by atoms with Crippen molar-refractivity contribution in [3.05, 3.63) is 39.4 Å². The van der Waals surface area contributed by atoms with Crippen LogP contribution in [-0.4, -0.2) is 27.8 Å². The van der Waals surface area contributed by atoms with Crippen molar-refractivity contribution in [1.82, 2.24) is 14.9 Å². The van der Waals surface area contributed by atoms with E-state index >= 15 is 0 Å². The number of pyridine rings is 1. The molecule has 0 saturated carbocycles. The van der Waals surface area contributed by atoms with Crippen LogP contribution in [0.2, 0.25) is 5.02 Å². The molecular formula is C11H11ClN4OS. The third kappa shape index (κ3) is 2.77. The Morgan fingerprint density at radius 3 is 3.00 bits per heavy atom. The fraction of sp³-hybridized carbons (Fsp3) is 0.182. The smallest absolute Gasteiger partial charge is 0.274 e. The lowest BCUT2D eigenvalue weighted by Gasteiger charge is -2.16. The van der Waals surface area contributed by atoms with Crippen molar-refractivity contribution in [3.8, 4) is 0 Å². The van der Waals surface area contributed by atoms with E-state index in [9.17, 15) is 4.79 Å². The van der Waals surface area contributed by atoms with Crippen molar-refractivity contribution >= 4 is 34.7 Å². The lowest BCUT2D eigenvalue weighted by atomic mass is 10.3. The number of amides is 1. The highest BCUT2D eigenvalue weighted by Gasteiger charge is 2.17. The molecule has 94 valence electrons. The summed E-state index contributed by atoms with van der Waals surface area (Å²) in [6.07, 6.45) is 0. The maximum Gasteiger partial charge on any atom is 0.274 e. The standard InChI is InChI=1S/C11H11ClN4OS/c1-16(4-7-5-18-6-14-7)11(17)10-8(12)2-3-9(13)15-10/h2-3,5-6H,4H2,1H3,(H2,13,15). The van der Waals surface area contributed by atoms with Gasteiger partial charge in [0.1, 0.15) is 11.5 Å². The number of anilines is 1. The average molecular weight is 283 g/mol. The Morgan fingerprint density at radius 2 is 2.33 bits per heavy atom. The Labute approximate surface area is 113 Å². The Hall–Kier alpha value is -1.66. The summed E-state index contributed by atoms with van der Waals surface area (Å²) in [5, 5.41) is 2.18. The van der Waals surface area contributed by atoms with Gasteiger partial charge >= 0.3 is 0 Å². The van der Waals surface area contributed by atoms with Gasteiger partial charge in [-0.3, -0.25) is 4.79 Å². The lowest BCUT2D eigenvalue weighted by molar-refractivity contribution is 0.0778. The zero-order chi connectivity index (χ0) is 13.1. The molecule has 0 radical (unpaired) electrons. The van der Waals surface area contributed by atoms with E-state index < -0.39 is 0 Å². The average Bonchev–Trinajstić information content (AvgIpc) is 2.84. The number of aromatic nitrogens is 2. The predicted molar refractivity (Wildman–Crippen MR) is 71.6 cm³/mol. The molecule has 0 aliphatic heterocycles. The summed E-state index contributed by atoms with van der Waals surface area (Å²) in [6, 6.07) is 3.12. The van der Waals surface area contributed by atoms with Gasteiger partial charge < -0.3 is 10.6 Å². The highest BCUT2D eigenvalue weighted by molar-refractivity contribution is 7.07. The largest absolute Gasteiger partial charge is 0.384 e. The molecule has 1 amide bonds. The molecule has 2 aromatic rings. The molecule has 0 saturated heterocycles. The Morgan fingerprint density at radius 1 is 1.56 bits per heavy atom. The quantitative estimate of drug-likeness (QED) is 0.935. The molecule has 0 bridgehead atoms. The van der Waals surface area contributed by atoms with Gasteiger partial charge in [0.2, 0.25) is 0 Å². The van der Waals surface area contributed by atoms with Gasteiger partial charge in [0.25, 0.3) is 5.91 Å². The van der Waals surface area contributed by atoms with Gasteiger partial charge in [-0.1, -0.05) is 11.6 Å². The van der Waals surface area contributed by atoms with Crippen LogP contribution in [0.25, 0.3) is 0 Å². The van der Waals surface area contributed by atoms with E-state index in [0.717, 1.165) is 5.69 Å². The summed E-state index contributed by atoms with van der Waals surface area (Å²) < 4.78 is 0. The zero-order valence-corrected chi connectivity index (χ0v) is 11.2. The molecule has 0 aromatic carbocycles. The van der Waals surface area contributed by atoms with Gasteiger partial charge in [0.05, 0.1) is 22.8 Å². The lowest BCUT2D eigenvalue weighted by Crippen LogP contribution is -2.27. The molecule has 7 heteroatoms. The summed E-state index contributed by atoms with van der Waals surface area (Å²) in [5.41, 5.74) is 8.26. The number of hydrogen-bond donors (Lipinski definition) is 1. The van der Waals surface area contributed by atoms with Crippen LogP contribution in [0.5, 0.6) is 0 Å². The summed E-state index contributed by atoms with van der Waals surface area (Å²) in [6.45, 7) is 0.412. The molecule has 5 nitrogen and oxygen atoms in total. The van der Waals surface area contributed by atoms with E-state index in [1.165, 1.54) is 16.2 Å². The molecule has 0 fully saturated rings. The van der Waals surface area contributed by atoms with Gasteiger partial charge in [-0.25, -0.2) is 9.97 Å². The van der Waals surface area contributed by atoms with E-state index in [1.807, 2.05) is 5.38 Å². The number of nitrogen functional groups attached to an aromatic ring is 1. The van der Waals surface area contributed by atoms with Crippen molar-refractivity contribution in [2.75, 3.05) is 12.8 Å². The molecule has 2 N–H and O–H groups in total. The first-order valence-electron chi connectivity index (χ1n) is 5.12. The number of rotatable bonds is 3. The monoisotopic (exact) mass is 282 g/mol. The van der Waals surface area contributed by atoms with Crippen molar-refractivity contribution < 1.29 is 4.79 Å². The van der Waals surface area contributed by atoms with Gasteiger partial charge in [-0.2, -0.15) is 0 Å². The SMILES string of the molecule is CN(Cc1cscn1)C(=O)c1nc(N)ccc1Cl. The van der Waals surface area contributed by atoms with E-state index in [-0.39, 0.29) is 17.4 Å². The van der Waals surface area contributed by atoms with Gasteiger partial charge in [0, 0.05) is 12.4 Å². The minimum atomic E-state index is -0.277. The third-order valence-electron chi connectivity index (χ3n) is 2.30. The predicted octanol–water partition coefficient (Wildman–Crippen LogP) is 2.05. The van der Waals surface area contributed by atoms with Crippen LogP contribution in [0.4, 0.5) is 5.82 Å². The minimum absolute atomic E-state index is 0.161. The molecule has 0 spiro atoms. The van der Waals surface area contributed by atoms with Crippen LogP contribution in [0.1, 0.15) is 16.2 Å². The van der Waals surface area contributed by atoms with Crippen LogP contribution in [0.3, 0.4) is 0 Å². The molecule has 0 unspecified atom stereocenters. The van der Waals surface area contributed by atoms with Gasteiger partial charge in [-0.15, -0.1) is 11.3 Å². The highest BCUT2D eigenvalue weighted by Crippen LogP contribution is 2.17. The normalized spacial score (nSPS) is 10.3. The third-order valence-corrected chi connectivity index (χ3v) is 3.24. The molecule has 0 atom stereocenters. The fourth-order valence-corrected chi connectivity index (χ4v) is 2.15. The Balaban J connectivity index is 2.17. The maximum atomic E-state index is 12.1. The number of carbonyl (C=O) groups excluding carboxylic acids is 1. The summed E-state index contributed by atoms with van der Waals surface area (Å²) in [5.74, 6) is -0.00916. The first-order valence-corrected chi connectivity index (χ1v) is 6.44. The number of halogens is 1. The first kappa shape index (κ1) is 12.8. The zero-order valence-electron chi connectivity index (χ0n) is 9.63. The summed E-state index contributed by atoms with van der Waals surface area (Å²) in [4.78, 5) is 21.7. The number of nitrogens with two attached hydrogens (primary N) is 1. The second-order valence-corrected chi connectivity index (χ2v) is 4.83. The molecule has 0 aliphatic carbocycles. The van der Waals surface area contributed by atoms with Crippen molar-refractivity contribution in [1.29, 1.82) is 0 Å². The van der Waals surface area contributed by atoms with E-state index in [1.54, 1.807) is 24.7 Å². The Bertz CT molecular complexity index is 558. The molecule has 2 rings (SSSR count). The van der Waals surface area contributed by atoms with E-state index in [4.69, 9.17) is 17.3 Å². The topological polar surface area (TPSA) is 72.1 Å². The Kier molecular flexibility index (Phi) is 3.78. The second-order valence-electron chi connectivity index (χ2n) is 3.71. The molecule has 2 aromatic heterocycles. The number of hydrogen-bond acceptors (Lipinski definition) is 5. The number of nitrogens with zero attached hydrogens (tertiary/aromatic N) is 3. The van der Waals surface area contributed by atoms with Gasteiger partial charge in [-0.05, 0) is 12.1 Å². The van der Waals surface area contributed by atoms with Crippen molar-refractivity contribution in [2.45, 2.75) is 6.54 Å². The van der Waals surface area contributed by atoms with Crippen LogP contribution >= 0.6 is 22.9 Å². The number of thiazole rings is 1. The highest BCUT2D eigenvalue weighted by atomic mass is 35.5. The van der Waals surface area contributed by atoms with Gasteiger partial charge in [0.15, 0.2) is 0 Å². The molecule has 0 aliphatic rings. The van der Waals surface area contributed by atoms with Crippen molar-refractivity contribution in [3.63, 3.8) is 0 Å². The van der Waals surface area contributed by atoms with E-state index in [2.05, 4.69) is 9.97 Å². The number of carbonyl (C=O) groups is 1. The van der Waals surface area contributed by atoms with Crippen LogP contribution in [0, 0.1) is 0 Å². The first-order chi connectivity index (χ1) is 8.58. The van der Waals surface area contributed by atoms with Crippen LogP contribution < -0.4 is 5.73 Å². The van der Waals surface area contributed by atoms with Crippen LogP contribution in [0.15, 0.2) is 23.0 Å². The summed E-state index contributed by atoms with van der Waals surface area (Å²) >= 11 is 7.42. The minimum Gasteiger partial charge on any atom is -0.384 e. The van der Waals surface area contributed by atoms with Crippen LogP contribution in [-0.2, 0) is 6.54 Å². The summed E-state index contributed by atoms with van der Waals surface area (Å²) in [7, 11) is 1.67. The van der Waals surface area contributed by atoms with Crippen molar-refractivity contribution in [2.24, 2.45) is 0 Å². The van der Waals surface area contributed by atoms with E-state index in [0.29, 0.717) is 11.6 Å². The molecule has 2 heterocycles. The second kappa shape index (κ2) is 5.32. The fourth-order valence-electron chi connectivity index (χ4n) is 1.42.